The van der Waals surface area contributed by atoms with Gasteiger partial charge >= 0.3 is 0 Å². The molecule has 2 unspecified atom stereocenters. The summed E-state index contributed by atoms with van der Waals surface area (Å²) in [5, 5.41) is 12.7. The van der Waals surface area contributed by atoms with Crippen LogP contribution in [0, 0.1) is 12.8 Å². The molecule has 0 saturated heterocycles. The molecule has 5 heteroatoms. The predicted octanol–water partition coefficient (Wildman–Crippen LogP) is 2.08. The standard InChI is InChI=1S/C14H20N2O2S/c1-10-15-12(9-19-10)6-7-14(18)16(2)8-11-4-3-5-13(11)17/h6-7,9,11,13,17H,3-5,8H2,1-2H3/b7-6+. The molecule has 0 spiro atoms. The first kappa shape index (κ1) is 14.2. The van der Waals surface area contributed by atoms with E-state index in [9.17, 15) is 9.90 Å². The van der Waals surface area contributed by atoms with Crippen LogP contribution in [0.15, 0.2) is 11.5 Å². The number of amides is 1. The van der Waals surface area contributed by atoms with Crippen molar-refractivity contribution in [3.63, 3.8) is 0 Å². The maximum atomic E-state index is 12.0. The zero-order valence-corrected chi connectivity index (χ0v) is 12.2. The maximum Gasteiger partial charge on any atom is 0.246 e. The molecule has 4 nitrogen and oxygen atoms in total. The third-order valence-electron chi connectivity index (χ3n) is 3.54. The molecular formula is C14H20N2O2S. The van der Waals surface area contributed by atoms with Gasteiger partial charge < -0.3 is 10.0 Å². The number of carbonyl (C=O) groups is 1. The molecule has 0 aromatic carbocycles. The molecule has 104 valence electrons. The van der Waals surface area contributed by atoms with E-state index in [2.05, 4.69) is 4.98 Å². The number of nitrogens with zero attached hydrogens (tertiary/aromatic N) is 2. The number of carbonyl (C=O) groups excluding carboxylic acids is 1. The Morgan fingerprint density at radius 3 is 3.00 bits per heavy atom. The third-order valence-corrected chi connectivity index (χ3v) is 4.33. The van der Waals surface area contributed by atoms with Gasteiger partial charge in [-0.25, -0.2) is 4.98 Å². The van der Waals surface area contributed by atoms with Crippen molar-refractivity contribution in [1.29, 1.82) is 0 Å². The Labute approximate surface area is 117 Å². The van der Waals surface area contributed by atoms with E-state index < -0.39 is 0 Å². The predicted molar refractivity (Wildman–Crippen MR) is 76.9 cm³/mol. The Kier molecular flexibility index (Phi) is 4.71. The number of hydrogen-bond donors (Lipinski definition) is 1. The van der Waals surface area contributed by atoms with Crippen LogP contribution in [0.2, 0.25) is 0 Å². The highest BCUT2D eigenvalue weighted by atomic mass is 32.1. The average molecular weight is 280 g/mol. The van der Waals surface area contributed by atoms with Crippen LogP contribution in [0.4, 0.5) is 0 Å². The number of rotatable bonds is 4. The van der Waals surface area contributed by atoms with Crippen LogP contribution in [0.3, 0.4) is 0 Å². The van der Waals surface area contributed by atoms with E-state index in [-0.39, 0.29) is 17.9 Å². The molecule has 1 saturated carbocycles. The molecule has 1 aliphatic rings. The fourth-order valence-electron chi connectivity index (χ4n) is 2.41. The van der Waals surface area contributed by atoms with E-state index in [0.29, 0.717) is 6.54 Å². The van der Waals surface area contributed by atoms with E-state index in [1.54, 1.807) is 35.4 Å². The van der Waals surface area contributed by atoms with Gasteiger partial charge in [0.05, 0.1) is 16.8 Å². The maximum absolute atomic E-state index is 12.0. The zero-order valence-electron chi connectivity index (χ0n) is 11.4. The minimum atomic E-state index is -0.250. The molecule has 1 N–H and O–H groups in total. The number of aromatic nitrogens is 1. The second kappa shape index (κ2) is 6.30. The molecule has 2 atom stereocenters. The lowest BCUT2D eigenvalue weighted by atomic mass is 10.1. The molecule has 1 amide bonds. The summed E-state index contributed by atoms with van der Waals surface area (Å²) < 4.78 is 0. The van der Waals surface area contributed by atoms with E-state index in [4.69, 9.17) is 0 Å². The van der Waals surface area contributed by atoms with Crippen LogP contribution >= 0.6 is 11.3 Å². The highest BCUT2D eigenvalue weighted by Gasteiger charge is 2.26. The Morgan fingerprint density at radius 1 is 1.63 bits per heavy atom. The molecule has 19 heavy (non-hydrogen) atoms. The number of aliphatic hydroxyl groups is 1. The van der Waals surface area contributed by atoms with Crippen molar-refractivity contribution in [3.05, 3.63) is 22.2 Å². The molecular weight excluding hydrogens is 260 g/mol. The van der Waals surface area contributed by atoms with Gasteiger partial charge in [0, 0.05) is 31.0 Å². The van der Waals surface area contributed by atoms with E-state index in [1.165, 1.54) is 0 Å². The van der Waals surface area contributed by atoms with Gasteiger partial charge in [-0.1, -0.05) is 6.42 Å². The Balaban J connectivity index is 1.86. The SMILES string of the molecule is Cc1nc(/C=C/C(=O)N(C)CC2CCCC2O)cs1. The molecule has 0 aliphatic heterocycles. The normalized spacial score (nSPS) is 23.1. The van der Waals surface area contributed by atoms with Crippen molar-refractivity contribution in [2.45, 2.75) is 32.3 Å². The molecule has 1 heterocycles. The topological polar surface area (TPSA) is 53.4 Å². The number of hydrogen-bond acceptors (Lipinski definition) is 4. The van der Waals surface area contributed by atoms with Gasteiger partial charge in [0.15, 0.2) is 0 Å². The fourth-order valence-corrected chi connectivity index (χ4v) is 2.99. The average Bonchev–Trinajstić information content (AvgIpc) is 2.96. The van der Waals surface area contributed by atoms with Crippen LogP contribution in [0.25, 0.3) is 6.08 Å². The van der Waals surface area contributed by atoms with Crippen LogP contribution in [0.5, 0.6) is 0 Å². The number of thiazole rings is 1. The van der Waals surface area contributed by atoms with Crippen LogP contribution in [0.1, 0.15) is 30.0 Å². The lowest BCUT2D eigenvalue weighted by molar-refractivity contribution is -0.125. The summed E-state index contributed by atoms with van der Waals surface area (Å²) in [6, 6.07) is 0. The minimum absolute atomic E-state index is 0.0373. The van der Waals surface area contributed by atoms with E-state index in [1.807, 2.05) is 12.3 Å². The number of aryl methyl sites for hydroxylation is 1. The summed E-state index contributed by atoms with van der Waals surface area (Å²) >= 11 is 1.57. The highest BCUT2D eigenvalue weighted by Crippen LogP contribution is 2.26. The van der Waals surface area contributed by atoms with Crippen molar-refractivity contribution in [2.75, 3.05) is 13.6 Å². The molecule has 0 bridgehead atoms. The van der Waals surface area contributed by atoms with Crippen molar-refractivity contribution < 1.29 is 9.90 Å². The van der Waals surface area contributed by atoms with Crippen molar-refractivity contribution >= 4 is 23.3 Å². The van der Waals surface area contributed by atoms with Gasteiger partial charge in [0.2, 0.25) is 5.91 Å². The molecule has 1 aliphatic carbocycles. The second-order valence-electron chi connectivity index (χ2n) is 5.10. The molecule has 1 aromatic heterocycles. The number of likely N-dealkylation sites (N-methyl/N-ethyl adjacent to an activating group) is 1. The largest absolute Gasteiger partial charge is 0.393 e. The lowest BCUT2D eigenvalue weighted by Crippen LogP contribution is -2.33. The van der Waals surface area contributed by atoms with E-state index in [0.717, 1.165) is 30.0 Å². The van der Waals surface area contributed by atoms with Gasteiger partial charge in [-0.15, -0.1) is 11.3 Å². The monoisotopic (exact) mass is 280 g/mol. The van der Waals surface area contributed by atoms with Crippen LogP contribution in [-0.4, -0.2) is 40.6 Å². The Morgan fingerprint density at radius 2 is 2.42 bits per heavy atom. The van der Waals surface area contributed by atoms with Crippen molar-refractivity contribution in [3.8, 4) is 0 Å². The first-order chi connectivity index (χ1) is 9.06. The van der Waals surface area contributed by atoms with Crippen molar-refractivity contribution in [2.24, 2.45) is 5.92 Å². The van der Waals surface area contributed by atoms with Crippen LogP contribution in [-0.2, 0) is 4.79 Å². The molecule has 2 rings (SSSR count). The van der Waals surface area contributed by atoms with Crippen molar-refractivity contribution in [1.82, 2.24) is 9.88 Å². The van der Waals surface area contributed by atoms with Gasteiger partial charge in [0.25, 0.3) is 0 Å². The van der Waals surface area contributed by atoms with Gasteiger partial charge in [-0.3, -0.25) is 4.79 Å². The lowest BCUT2D eigenvalue weighted by Gasteiger charge is -2.22. The summed E-state index contributed by atoms with van der Waals surface area (Å²) in [7, 11) is 1.78. The van der Waals surface area contributed by atoms with Crippen LogP contribution < -0.4 is 0 Å². The third kappa shape index (κ3) is 3.88. The number of aliphatic hydroxyl groups excluding tert-OH is 1. The van der Waals surface area contributed by atoms with E-state index >= 15 is 0 Å². The first-order valence-electron chi connectivity index (χ1n) is 6.59. The molecule has 0 radical (unpaired) electrons. The van der Waals surface area contributed by atoms with Gasteiger partial charge in [0.1, 0.15) is 0 Å². The second-order valence-corrected chi connectivity index (χ2v) is 6.16. The summed E-state index contributed by atoms with van der Waals surface area (Å²) in [5.74, 6) is 0.189. The Hall–Kier alpha value is -1.20. The molecule has 1 aromatic rings. The quantitative estimate of drug-likeness (QED) is 0.859. The fraction of sp³-hybridized carbons (Fsp3) is 0.571. The summed E-state index contributed by atoms with van der Waals surface area (Å²) in [4.78, 5) is 17.9. The summed E-state index contributed by atoms with van der Waals surface area (Å²) in [6.45, 7) is 2.57. The smallest absolute Gasteiger partial charge is 0.246 e. The summed E-state index contributed by atoms with van der Waals surface area (Å²) in [6.07, 6.45) is 5.97. The minimum Gasteiger partial charge on any atom is -0.393 e. The summed E-state index contributed by atoms with van der Waals surface area (Å²) in [5.41, 5.74) is 0.824. The molecule has 1 fully saturated rings. The first-order valence-corrected chi connectivity index (χ1v) is 7.47. The van der Waals surface area contributed by atoms with Gasteiger partial charge in [-0.2, -0.15) is 0 Å². The Bertz CT molecular complexity index is 470. The zero-order chi connectivity index (χ0) is 13.8. The van der Waals surface area contributed by atoms with Gasteiger partial charge in [-0.05, 0) is 25.8 Å². The highest BCUT2D eigenvalue weighted by molar-refractivity contribution is 7.09.